The van der Waals surface area contributed by atoms with Crippen molar-refractivity contribution in [2.45, 2.75) is 77.2 Å². The van der Waals surface area contributed by atoms with Crippen LogP contribution in [0.5, 0.6) is 0 Å². The summed E-state index contributed by atoms with van der Waals surface area (Å²) in [5, 5.41) is 0. The molecule has 27 heavy (non-hydrogen) atoms. The van der Waals surface area contributed by atoms with E-state index in [1.807, 2.05) is 6.08 Å². The summed E-state index contributed by atoms with van der Waals surface area (Å²) in [5.41, 5.74) is 0.971. The lowest BCUT2D eigenvalue weighted by atomic mass is 9.44. The number of esters is 1. The van der Waals surface area contributed by atoms with Crippen molar-refractivity contribution in [3.05, 3.63) is 11.6 Å². The highest BCUT2D eigenvalue weighted by Crippen LogP contribution is 2.70. The van der Waals surface area contributed by atoms with Gasteiger partial charge < -0.3 is 9.53 Å². The van der Waals surface area contributed by atoms with Crippen LogP contribution in [-0.2, 0) is 19.1 Å². The van der Waals surface area contributed by atoms with Gasteiger partial charge >= 0.3 is 5.97 Å². The Morgan fingerprint density at radius 2 is 1.81 bits per heavy atom. The third-order valence-corrected chi connectivity index (χ3v) is 9.57. The molecule has 3 saturated carbocycles. The zero-order valence-electron chi connectivity index (χ0n) is 16.5. The highest BCUT2D eigenvalue weighted by Gasteiger charge is 2.68. The maximum atomic E-state index is 12.1. The van der Waals surface area contributed by atoms with E-state index in [-0.39, 0.29) is 34.1 Å². The molecule has 0 amide bonds. The number of ether oxygens (including phenoxy) is 1. The summed E-state index contributed by atoms with van der Waals surface area (Å²) in [6.45, 7) is 4.67. The molecule has 0 aromatic carbocycles. The number of ketones is 1. The van der Waals surface area contributed by atoms with Gasteiger partial charge in [0.05, 0.1) is 0 Å². The van der Waals surface area contributed by atoms with Crippen LogP contribution < -0.4 is 0 Å². The number of carbonyl (C=O) groups excluding carboxylic acids is 3. The number of fused-ring (bicyclic) bond motifs is 6. The van der Waals surface area contributed by atoms with E-state index in [0.717, 1.165) is 51.2 Å². The second-order valence-corrected chi connectivity index (χ2v) is 10.3. The summed E-state index contributed by atoms with van der Waals surface area (Å²) in [7, 11) is 0. The van der Waals surface area contributed by atoms with Gasteiger partial charge in [0.25, 0.3) is 0 Å². The van der Waals surface area contributed by atoms with Crippen LogP contribution >= 0.6 is 0 Å². The van der Waals surface area contributed by atoms with Crippen molar-refractivity contribution < 1.29 is 19.1 Å². The molecule has 0 bridgehead atoms. The average molecular weight is 370 g/mol. The molecular weight excluding hydrogens is 340 g/mol. The lowest BCUT2D eigenvalue weighted by molar-refractivity contribution is -0.171. The molecule has 146 valence electrons. The molecule has 0 aromatic heterocycles. The molecule has 0 aromatic rings. The van der Waals surface area contributed by atoms with Gasteiger partial charge in [-0.05, 0) is 74.2 Å². The minimum absolute atomic E-state index is 0.00268. The number of carbonyl (C=O) groups is 3. The van der Waals surface area contributed by atoms with E-state index in [4.69, 9.17) is 4.74 Å². The van der Waals surface area contributed by atoms with Gasteiger partial charge in [0.1, 0.15) is 11.9 Å². The van der Waals surface area contributed by atoms with Crippen LogP contribution in [0.4, 0.5) is 0 Å². The van der Waals surface area contributed by atoms with Crippen molar-refractivity contribution in [3.8, 4) is 0 Å². The molecule has 4 fully saturated rings. The fraction of sp³-hybridized carbons (Fsp3) is 0.783. The third kappa shape index (κ3) is 2.13. The number of aldehydes is 1. The summed E-state index contributed by atoms with van der Waals surface area (Å²) < 4.78 is 5.99. The summed E-state index contributed by atoms with van der Waals surface area (Å²) in [6.07, 6.45) is 10.9. The molecule has 4 heteroatoms. The molecule has 1 heterocycles. The van der Waals surface area contributed by atoms with Crippen LogP contribution in [0.2, 0.25) is 0 Å². The van der Waals surface area contributed by atoms with E-state index in [0.29, 0.717) is 30.6 Å². The minimum atomic E-state index is -0.299. The van der Waals surface area contributed by atoms with Crippen LogP contribution in [0.15, 0.2) is 11.6 Å². The van der Waals surface area contributed by atoms with Crippen LogP contribution in [0.1, 0.15) is 71.6 Å². The van der Waals surface area contributed by atoms with Crippen molar-refractivity contribution >= 4 is 18.0 Å². The van der Waals surface area contributed by atoms with Crippen molar-refractivity contribution in [1.29, 1.82) is 0 Å². The van der Waals surface area contributed by atoms with Gasteiger partial charge in [-0.3, -0.25) is 9.59 Å². The molecule has 4 nitrogen and oxygen atoms in total. The average Bonchev–Trinajstić information content (AvgIpc) is 3.16. The first-order valence-electron chi connectivity index (χ1n) is 10.7. The lowest BCUT2D eigenvalue weighted by Gasteiger charge is -2.60. The molecule has 0 N–H and O–H groups in total. The topological polar surface area (TPSA) is 60.4 Å². The zero-order valence-corrected chi connectivity index (χ0v) is 16.5. The van der Waals surface area contributed by atoms with Crippen molar-refractivity contribution in [2.24, 2.45) is 34.5 Å². The Hall–Kier alpha value is -1.45. The van der Waals surface area contributed by atoms with E-state index in [9.17, 15) is 14.4 Å². The molecule has 7 atom stereocenters. The third-order valence-electron chi connectivity index (χ3n) is 9.57. The number of hydrogen-bond acceptors (Lipinski definition) is 4. The van der Waals surface area contributed by atoms with Gasteiger partial charge in [-0.15, -0.1) is 0 Å². The van der Waals surface area contributed by atoms with Crippen LogP contribution in [0.25, 0.3) is 0 Å². The number of hydrogen-bond donors (Lipinski definition) is 0. The molecule has 5 aliphatic rings. The molecule has 1 spiro atoms. The first-order chi connectivity index (χ1) is 12.8. The largest absolute Gasteiger partial charge is 0.458 e. The second-order valence-electron chi connectivity index (χ2n) is 10.3. The van der Waals surface area contributed by atoms with E-state index in [1.165, 1.54) is 5.57 Å². The van der Waals surface area contributed by atoms with Crippen LogP contribution in [0, 0.1) is 34.5 Å². The quantitative estimate of drug-likeness (QED) is 0.517. The van der Waals surface area contributed by atoms with Gasteiger partial charge in [0, 0.05) is 24.2 Å². The smallest absolute Gasteiger partial charge is 0.306 e. The summed E-state index contributed by atoms with van der Waals surface area (Å²) in [6, 6.07) is 0. The Balaban J connectivity index is 1.55. The van der Waals surface area contributed by atoms with Crippen LogP contribution in [0.3, 0.4) is 0 Å². The summed E-state index contributed by atoms with van der Waals surface area (Å²) in [5.74, 6) is 1.44. The standard InChI is InChI=1S/C23H30O4/c1-21-7-3-16(25)12-15(21)11-14(13-24)20-17(21)4-8-22(2)18(20)5-9-23(22)10-6-19(26)27-23/h12-14,17-18,20H,3-11H2,1-2H3/t14-,17?,18?,20?,21?,22?,23+/m0/s1. The molecule has 5 unspecified atom stereocenters. The van der Waals surface area contributed by atoms with Gasteiger partial charge in [-0.25, -0.2) is 0 Å². The number of rotatable bonds is 1. The SMILES string of the molecule is CC12CCC(=O)C=C1C[C@@H](C=O)C1C2CCC2(C)C1CC[C@@]21CCC(=O)O1. The van der Waals surface area contributed by atoms with Crippen molar-refractivity contribution in [3.63, 3.8) is 0 Å². The van der Waals surface area contributed by atoms with Gasteiger partial charge in [-0.1, -0.05) is 19.4 Å². The summed E-state index contributed by atoms with van der Waals surface area (Å²) >= 11 is 0. The van der Waals surface area contributed by atoms with Gasteiger partial charge in [0.2, 0.25) is 0 Å². The maximum absolute atomic E-state index is 12.1. The van der Waals surface area contributed by atoms with Crippen molar-refractivity contribution in [1.82, 2.24) is 0 Å². The lowest BCUT2D eigenvalue weighted by Crippen LogP contribution is -2.57. The molecule has 0 radical (unpaired) electrons. The van der Waals surface area contributed by atoms with E-state index in [1.54, 1.807) is 0 Å². The fourth-order valence-electron chi connectivity index (χ4n) is 8.05. The minimum Gasteiger partial charge on any atom is -0.458 e. The zero-order chi connectivity index (χ0) is 19.0. The highest BCUT2D eigenvalue weighted by molar-refractivity contribution is 5.91. The Bertz CT molecular complexity index is 753. The van der Waals surface area contributed by atoms with Crippen molar-refractivity contribution in [2.75, 3.05) is 0 Å². The Labute approximate surface area is 161 Å². The molecule has 5 rings (SSSR count). The van der Waals surface area contributed by atoms with E-state index >= 15 is 0 Å². The normalized spacial score (nSPS) is 51.3. The summed E-state index contributed by atoms with van der Waals surface area (Å²) in [4.78, 5) is 36.1. The molecule has 4 aliphatic carbocycles. The maximum Gasteiger partial charge on any atom is 0.306 e. The first kappa shape index (κ1) is 17.6. The predicted molar refractivity (Wildman–Crippen MR) is 99.7 cm³/mol. The Morgan fingerprint density at radius 3 is 2.52 bits per heavy atom. The van der Waals surface area contributed by atoms with Gasteiger partial charge in [0.15, 0.2) is 5.78 Å². The molecule has 1 saturated heterocycles. The van der Waals surface area contributed by atoms with Gasteiger partial charge in [-0.2, -0.15) is 0 Å². The highest BCUT2D eigenvalue weighted by atomic mass is 16.6. The Morgan fingerprint density at radius 1 is 1.04 bits per heavy atom. The van der Waals surface area contributed by atoms with Crippen LogP contribution in [-0.4, -0.2) is 23.6 Å². The van der Waals surface area contributed by atoms with E-state index < -0.39 is 0 Å². The molecule has 1 aliphatic heterocycles. The Kier molecular flexibility index (Phi) is 3.62. The monoisotopic (exact) mass is 370 g/mol. The molecular formula is C23H30O4. The van der Waals surface area contributed by atoms with E-state index in [2.05, 4.69) is 13.8 Å². The second kappa shape index (κ2) is 5.55. The fourth-order valence-corrected chi connectivity index (χ4v) is 8.05. The predicted octanol–water partition coefficient (Wildman–Crippen LogP) is 4.02. The number of allylic oxidation sites excluding steroid dienone is 1. The first-order valence-corrected chi connectivity index (χ1v) is 10.7.